The molecule has 13 heteroatoms. The predicted octanol–water partition coefficient (Wildman–Crippen LogP) is -0.665. The van der Waals surface area contributed by atoms with Crippen molar-refractivity contribution in [3.05, 3.63) is 0 Å². The SMILES string of the molecule is CC(=O)N[C@H]1[C@H](OCCCCC(=O)NO)O[C@H](COC(C)=O)[C@H](OC(C)=O)[C@@H]1OC(C)=O. The lowest BCUT2D eigenvalue weighted by Crippen LogP contribution is -2.66. The number of nitrogens with one attached hydrogen (secondary N) is 2. The van der Waals surface area contributed by atoms with Gasteiger partial charge in [0.2, 0.25) is 11.8 Å². The number of hydrogen-bond donors (Lipinski definition) is 3. The van der Waals surface area contributed by atoms with Gasteiger partial charge in [-0.3, -0.25) is 29.2 Å². The molecule has 182 valence electrons. The average Bonchev–Trinajstić information content (AvgIpc) is 2.69. The predicted molar refractivity (Wildman–Crippen MR) is 104 cm³/mol. The quantitative estimate of drug-likeness (QED) is 0.117. The van der Waals surface area contributed by atoms with Crippen molar-refractivity contribution < 1.29 is 52.9 Å². The Balaban J connectivity index is 3.07. The molecule has 1 saturated heterocycles. The van der Waals surface area contributed by atoms with Crippen LogP contribution in [0, 0.1) is 0 Å². The lowest BCUT2D eigenvalue weighted by atomic mass is 9.96. The van der Waals surface area contributed by atoms with Gasteiger partial charge in [-0.25, -0.2) is 5.48 Å². The minimum Gasteiger partial charge on any atom is -0.463 e. The minimum absolute atomic E-state index is 0.0696. The molecule has 0 aromatic heterocycles. The summed E-state index contributed by atoms with van der Waals surface area (Å²) < 4.78 is 27.2. The standard InChI is InChI=1S/C19H30N2O11/c1-10(22)20-16-18(31-13(4)25)17(30-12(3)24)14(9-29-11(2)23)32-19(16)28-8-6-5-7-15(26)21-27/h14,16-19,27H,5-9H2,1-4H3,(H,20,22)(H,21,26)/t14-,16-,17+,18-,19-/m1/s1. The van der Waals surface area contributed by atoms with Crippen LogP contribution in [0.5, 0.6) is 0 Å². The van der Waals surface area contributed by atoms with Crippen LogP contribution < -0.4 is 10.8 Å². The molecule has 0 radical (unpaired) electrons. The zero-order valence-electron chi connectivity index (χ0n) is 18.5. The molecule has 1 aliphatic rings. The fourth-order valence-corrected chi connectivity index (χ4v) is 3.08. The molecule has 0 bridgehead atoms. The second-order valence-corrected chi connectivity index (χ2v) is 7.08. The van der Waals surface area contributed by atoms with Crippen molar-refractivity contribution in [2.75, 3.05) is 13.2 Å². The van der Waals surface area contributed by atoms with E-state index in [4.69, 9.17) is 28.9 Å². The zero-order valence-corrected chi connectivity index (χ0v) is 18.5. The van der Waals surface area contributed by atoms with E-state index in [-0.39, 0.29) is 19.6 Å². The van der Waals surface area contributed by atoms with Gasteiger partial charge in [-0.2, -0.15) is 0 Å². The number of hydroxylamine groups is 1. The van der Waals surface area contributed by atoms with Gasteiger partial charge in [0.25, 0.3) is 0 Å². The Morgan fingerprint density at radius 2 is 1.53 bits per heavy atom. The summed E-state index contributed by atoms with van der Waals surface area (Å²) in [5.41, 5.74) is 1.52. The Bertz CT molecular complexity index is 684. The highest BCUT2D eigenvalue weighted by Crippen LogP contribution is 2.28. The van der Waals surface area contributed by atoms with Gasteiger partial charge < -0.3 is 29.0 Å². The lowest BCUT2D eigenvalue weighted by molar-refractivity contribution is -0.277. The molecular weight excluding hydrogens is 432 g/mol. The molecule has 0 aliphatic carbocycles. The van der Waals surface area contributed by atoms with Crippen molar-refractivity contribution in [1.29, 1.82) is 0 Å². The van der Waals surface area contributed by atoms with E-state index in [9.17, 15) is 24.0 Å². The van der Waals surface area contributed by atoms with Crippen molar-refractivity contribution in [2.45, 2.75) is 77.6 Å². The highest BCUT2D eigenvalue weighted by Gasteiger charge is 2.51. The minimum atomic E-state index is -1.19. The topological polar surface area (TPSA) is 176 Å². The monoisotopic (exact) mass is 462 g/mol. The van der Waals surface area contributed by atoms with Gasteiger partial charge in [-0.1, -0.05) is 0 Å². The molecule has 5 atom stereocenters. The average molecular weight is 462 g/mol. The van der Waals surface area contributed by atoms with Crippen LogP contribution in [0.15, 0.2) is 0 Å². The summed E-state index contributed by atoms with van der Waals surface area (Å²) in [6.45, 7) is 4.48. The van der Waals surface area contributed by atoms with Crippen molar-refractivity contribution in [1.82, 2.24) is 10.8 Å². The summed E-state index contributed by atoms with van der Waals surface area (Å²) in [6, 6.07) is -1.05. The third-order valence-electron chi connectivity index (χ3n) is 4.28. The van der Waals surface area contributed by atoms with E-state index in [1.54, 1.807) is 0 Å². The van der Waals surface area contributed by atoms with Crippen LogP contribution in [-0.4, -0.2) is 78.8 Å². The normalized spacial score (nSPS) is 24.7. The molecule has 1 rings (SSSR count). The summed E-state index contributed by atoms with van der Waals surface area (Å²) >= 11 is 0. The molecule has 0 aromatic rings. The van der Waals surface area contributed by atoms with Gasteiger partial charge in [0, 0.05) is 40.7 Å². The fraction of sp³-hybridized carbons (Fsp3) is 0.737. The molecule has 1 fully saturated rings. The van der Waals surface area contributed by atoms with Gasteiger partial charge in [0.05, 0.1) is 0 Å². The number of carbonyl (C=O) groups excluding carboxylic acids is 5. The molecule has 32 heavy (non-hydrogen) atoms. The van der Waals surface area contributed by atoms with Gasteiger partial charge in [-0.15, -0.1) is 0 Å². The maximum absolute atomic E-state index is 11.8. The fourth-order valence-electron chi connectivity index (χ4n) is 3.08. The molecule has 13 nitrogen and oxygen atoms in total. The first-order chi connectivity index (χ1) is 15.0. The van der Waals surface area contributed by atoms with Gasteiger partial charge in [-0.05, 0) is 12.8 Å². The van der Waals surface area contributed by atoms with E-state index in [1.807, 2.05) is 0 Å². The zero-order chi connectivity index (χ0) is 24.3. The molecule has 0 saturated carbocycles. The van der Waals surface area contributed by atoms with Crippen molar-refractivity contribution in [2.24, 2.45) is 0 Å². The van der Waals surface area contributed by atoms with Gasteiger partial charge >= 0.3 is 17.9 Å². The third-order valence-corrected chi connectivity index (χ3v) is 4.28. The number of carbonyl (C=O) groups is 5. The molecule has 0 spiro atoms. The Labute approximate surface area is 185 Å². The number of rotatable bonds is 11. The molecule has 0 unspecified atom stereocenters. The first-order valence-electron chi connectivity index (χ1n) is 10.00. The largest absolute Gasteiger partial charge is 0.463 e. The van der Waals surface area contributed by atoms with Crippen LogP contribution in [0.2, 0.25) is 0 Å². The van der Waals surface area contributed by atoms with Crippen LogP contribution in [-0.2, 0) is 47.7 Å². The molecular formula is C19H30N2O11. The number of ether oxygens (including phenoxy) is 5. The Hall–Kier alpha value is -2.77. The summed E-state index contributed by atoms with van der Waals surface area (Å²) in [6.07, 6.45) is -3.73. The van der Waals surface area contributed by atoms with Crippen LogP contribution in [0.1, 0.15) is 47.0 Å². The third kappa shape index (κ3) is 9.58. The van der Waals surface area contributed by atoms with E-state index in [0.717, 1.165) is 13.8 Å². The first-order valence-corrected chi connectivity index (χ1v) is 10.00. The van der Waals surface area contributed by atoms with Crippen LogP contribution in [0.25, 0.3) is 0 Å². The highest BCUT2D eigenvalue weighted by atomic mass is 16.7. The van der Waals surface area contributed by atoms with Crippen molar-refractivity contribution in [3.8, 4) is 0 Å². The van der Waals surface area contributed by atoms with E-state index < -0.39 is 60.4 Å². The lowest BCUT2D eigenvalue weighted by Gasteiger charge is -2.44. The van der Waals surface area contributed by atoms with Gasteiger partial charge in [0.1, 0.15) is 18.8 Å². The van der Waals surface area contributed by atoms with Crippen molar-refractivity contribution in [3.63, 3.8) is 0 Å². The summed E-state index contributed by atoms with van der Waals surface area (Å²) in [4.78, 5) is 57.6. The summed E-state index contributed by atoms with van der Waals surface area (Å²) in [5, 5.41) is 11.1. The van der Waals surface area contributed by atoms with Gasteiger partial charge in [0.15, 0.2) is 18.5 Å². The molecule has 2 amide bonds. The van der Waals surface area contributed by atoms with Crippen LogP contribution in [0.3, 0.4) is 0 Å². The van der Waals surface area contributed by atoms with E-state index >= 15 is 0 Å². The molecule has 3 N–H and O–H groups in total. The van der Waals surface area contributed by atoms with E-state index in [2.05, 4.69) is 5.32 Å². The number of amides is 2. The summed E-state index contributed by atoms with van der Waals surface area (Å²) in [7, 11) is 0. The van der Waals surface area contributed by atoms with Crippen molar-refractivity contribution >= 4 is 29.7 Å². The number of unbranched alkanes of at least 4 members (excludes halogenated alkanes) is 1. The second kappa shape index (κ2) is 13.6. The smallest absolute Gasteiger partial charge is 0.303 e. The van der Waals surface area contributed by atoms with Crippen LogP contribution >= 0.6 is 0 Å². The maximum Gasteiger partial charge on any atom is 0.303 e. The Morgan fingerprint density at radius 1 is 0.906 bits per heavy atom. The Kier molecular flexibility index (Phi) is 11.6. The molecule has 1 heterocycles. The molecule has 0 aromatic carbocycles. The molecule has 1 aliphatic heterocycles. The first kappa shape index (κ1) is 27.3. The van der Waals surface area contributed by atoms with Crippen LogP contribution in [0.4, 0.5) is 0 Å². The maximum atomic E-state index is 11.8. The number of hydrogen-bond acceptors (Lipinski definition) is 11. The van der Waals surface area contributed by atoms with E-state index in [1.165, 1.54) is 19.3 Å². The number of esters is 3. The second-order valence-electron chi connectivity index (χ2n) is 7.08. The van der Waals surface area contributed by atoms with E-state index in [0.29, 0.717) is 12.8 Å². The Morgan fingerprint density at radius 3 is 2.06 bits per heavy atom. The highest BCUT2D eigenvalue weighted by molar-refractivity contribution is 5.74. The summed E-state index contributed by atoms with van der Waals surface area (Å²) in [5.74, 6) is -3.04.